The summed E-state index contributed by atoms with van der Waals surface area (Å²) in [6.45, 7) is 0. The number of esters is 1. The molecule has 108 valence electrons. The summed E-state index contributed by atoms with van der Waals surface area (Å²) in [5.74, 6) is 1.68. The Kier molecular flexibility index (Phi) is 3.95. The van der Waals surface area contributed by atoms with Crippen LogP contribution in [0.1, 0.15) is 48.9 Å². The number of carbonyl (C=O) groups excluding carboxylic acids is 1. The van der Waals surface area contributed by atoms with Gasteiger partial charge in [0.25, 0.3) is 0 Å². The van der Waals surface area contributed by atoms with E-state index in [4.69, 9.17) is 4.74 Å². The molecule has 1 aromatic carbocycles. The Balaban J connectivity index is 1.58. The zero-order chi connectivity index (χ0) is 13.9. The highest BCUT2D eigenvalue weighted by Gasteiger charge is 2.34. The third-order valence-electron chi connectivity index (χ3n) is 4.68. The van der Waals surface area contributed by atoms with E-state index in [-0.39, 0.29) is 5.97 Å². The van der Waals surface area contributed by atoms with Crippen molar-refractivity contribution in [3.05, 3.63) is 29.8 Å². The third-order valence-corrected chi connectivity index (χ3v) is 4.68. The van der Waals surface area contributed by atoms with Crippen LogP contribution in [0.3, 0.4) is 0 Å². The van der Waals surface area contributed by atoms with Gasteiger partial charge in [0.1, 0.15) is 0 Å². The van der Waals surface area contributed by atoms with Crippen molar-refractivity contribution in [1.82, 2.24) is 0 Å². The van der Waals surface area contributed by atoms with Crippen LogP contribution in [-0.2, 0) is 4.74 Å². The van der Waals surface area contributed by atoms with Gasteiger partial charge in [-0.3, -0.25) is 0 Å². The summed E-state index contributed by atoms with van der Waals surface area (Å²) in [6, 6.07) is 8.21. The minimum atomic E-state index is -0.275. The molecule has 1 N–H and O–H groups in total. The molecule has 2 saturated carbocycles. The van der Waals surface area contributed by atoms with E-state index in [1.54, 1.807) is 0 Å². The van der Waals surface area contributed by atoms with Crippen LogP contribution >= 0.6 is 0 Å². The van der Waals surface area contributed by atoms with E-state index in [1.807, 2.05) is 24.3 Å². The molecular formula is C17H23NO2. The van der Waals surface area contributed by atoms with Gasteiger partial charge in [-0.05, 0) is 61.8 Å². The number of hydrogen-bond donors (Lipinski definition) is 1. The number of ether oxygens (including phenoxy) is 1. The lowest BCUT2D eigenvalue weighted by molar-refractivity contribution is 0.0601. The van der Waals surface area contributed by atoms with Gasteiger partial charge in [-0.15, -0.1) is 0 Å². The molecule has 2 atom stereocenters. The highest BCUT2D eigenvalue weighted by atomic mass is 16.5. The quantitative estimate of drug-likeness (QED) is 0.847. The van der Waals surface area contributed by atoms with Gasteiger partial charge in [0.2, 0.25) is 0 Å². The molecule has 2 aliphatic carbocycles. The Bertz CT molecular complexity index is 464. The first kappa shape index (κ1) is 13.5. The van der Waals surface area contributed by atoms with E-state index >= 15 is 0 Å². The Morgan fingerprint density at radius 2 is 1.85 bits per heavy atom. The maximum absolute atomic E-state index is 11.4. The van der Waals surface area contributed by atoms with E-state index < -0.39 is 0 Å². The second-order valence-corrected chi connectivity index (χ2v) is 6.17. The van der Waals surface area contributed by atoms with Crippen LogP contribution in [0.2, 0.25) is 0 Å². The molecule has 0 saturated heterocycles. The summed E-state index contributed by atoms with van der Waals surface area (Å²) in [5.41, 5.74) is 1.72. The highest BCUT2D eigenvalue weighted by molar-refractivity contribution is 5.89. The first-order valence-electron chi connectivity index (χ1n) is 7.71. The molecule has 3 nitrogen and oxygen atoms in total. The number of hydrogen-bond acceptors (Lipinski definition) is 3. The van der Waals surface area contributed by atoms with Crippen molar-refractivity contribution < 1.29 is 9.53 Å². The predicted molar refractivity (Wildman–Crippen MR) is 79.9 cm³/mol. The molecule has 0 bridgehead atoms. The zero-order valence-electron chi connectivity index (χ0n) is 12.1. The number of anilines is 1. The van der Waals surface area contributed by atoms with E-state index in [2.05, 4.69) is 5.32 Å². The third kappa shape index (κ3) is 3.14. The predicted octanol–water partition coefficient (Wildman–Crippen LogP) is 3.85. The molecule has 0 aliphatic heterocycles. The second kappa shape index (κ2) is 5.86. The smallest absolute Gasteiger partial charge is 0.337 e. The highest BCUT2D eigenvalue weighted by Crippen LogP contribution is 2.44. The number of nitrogens with one attached hydrogen (secondary N) is 1. The summed E-state index contributed by atoms with van der Waals surface area (Å²) >= 11 is 0. The molecule has 2 aliphatic rings. The molecule has 3 rings (SSSR count). The van der Waals surface area contributed by atoms with Gasteiger partial charge in [-0.25, -0.2) is 4.79 Å². The van der Waals surface area contributed by atoms with Gasteiger partial charge < -0.3 is 10.1 Å². The SMILES string of the molecule is COC(=O)c1ccc(NC2CCCC(C3CC3)C2)cc1. The number of benzene rings is 1. The first-order valence-corrected chi connectivity index (χ1v) is 7.71. The van der Waals surface area contributed by atoms with Gasteiger partial charge in [0, 0.05) is 11.7 Å². The van der Waals surface area contributed by atoms with E-state index in [0.717, 1.165) is 17.5 Å². The zero-order valence-corrected chi connectivity index (χ0v) is 12.1. The summed E-state index contributed by atoms with van der Waals surface area (Å²) in [6.07, 6.45) is 8.24. The molecule has 1 aromatic rings. The van der Waals surface area contributed by atoms with E-state index in [9.17, 15) is 4.79 Å². The van der Waals surface area contributed by atoms with Crippen molar-refractivity contribution in [2.24, 2.45) is 11.8 Å². The van der Waals surface area contributed by atoms with Crippen molar-refractivity contribution in [2.45, 2.75) is 44.6 Å². The fourth-order valence-corrected chi connectivity index (χ4v) is 3.41. The number of rotatable bonds is 4. The molecule has 0 heterocycles. The average molecular weight is 273 g/mol. The largest absolute Gasteiger partial charge is 0.465 e. The van der Waals surface area contributed by atoms with Gasteiger partial charge >= 0.3 is 5.97 Å². The Morgan fingerprint density at radius 3 is 2.50 bits per heavy atom. The van der Waals surface area contributed by atoms with Crippen LogP contribution in [0.25, 0.3) is 0 Å². The van der Waals surface area contributed by atoms with Crippen molar-refractivity contribution in [1.29, 1.82) is 0 Å². The minimum absolute atomic E-state index is 0.275. The van der Waals surface area contributed by atoms with Crippen LogP contribution in [-0.4, -0.2) is 19.1 Å². The van der Waals surface area contributed by atoms with Gasteiger partial charge in [-0.2, -0.15) is 0 Å². The monoisotopic (exact) mass is 273 g/mol. The van der Waals surface area contributed by atoms with E-state index in [1.165, 1.54) is 45.6 Å². The maximum Gasteiger partial charge on any atom is 0.337 e. The molecule has 0 radical (unpaired) electrons. The summed E-state index contributed by atoms with van der Waals surface area (Å²) in [4.78, 5) is 11.4. The standard InChI is InChI=1S/C17H23NO2/c1-20-17(19)13-7-9-15(10-8-13)18-16-4-2-3-14(11-16)12-5-6-12/h7-10,12,14,16,18H,2-6,11H2,1H3. The summed E-state index contributed by atoms with van der Waals surface area (Å²) < 4.78 is 4.71. The topological polar surface area (TPSA) is 38.3 Å². The molecular weight excluding hydrogens is 250 g/mol. The normalized spacial score (nSPS) is 26.1. The molecule has 0 spiro atoms. The van der Waals surface area contributed by atoms with Crippen LogP contribution < -0.4 is 5.32 Å². The fraction of sp³-hybridized carbons (Fsp3) is 0.588. The van der Waals surface area contributed by atoms with Gasteiger partial charge in [-0.1, -0.05) is 12.8 Å². The average Bonchev–Trinajstić information content (AvgIpc) is 3.32. The van der Waals surface area contributed by atoms with Crippen LogP contribution in [0.15, 0.2) is 24.3 Å². The van der Waals surface area contributed by atoms with Crippen molar-refractivity contribution in [3.63, 3.8) is 0 Å². The van der Waals surface area contributed by atoms with Crippen molar-refractivity contribution >= 4 is 11.7 Å². The summed E-state index contributed by atoms with van der Waals surface area (Å²) in [7, 11) is 1.41. The van der Waals surface area contributed by atoms with Crippen molar-refractivity contribution in [2.75, 3.05) is 12.4 Å². The Labute approximate surface area is 120 Å². The molecule has 20 heavy (non-hydrogen) atoms. The Hall–Kier alpha value is -1.51. The van der Waals surface area contributed by atoms with E-state index in [0.29, 0.717) is 11.6 Å². The molecule has 2 fully saturated rings. The summed E-state index contributed by atoms with van der Waals surface area (Å²) in [5, 5.41) is 3.63. The molecule has 0 aromatic heterocycles. The van der Waals surface area contributed by atoms with Gasteiger partial charge in [0.05, 0.1) is 12.7 Å². The number of methoxy groups -OCH3 is 1. The Morgan fingerprint density at radius 1 is 1.10 bits per heavy atom. The minimum Gasteiger partial charge on any atom is -0.465 e. The molecule has 3 heteroatoms. The fourth-order valence-electron chi connectivity index (χ4n) is 3.41. The van der Waals surface area contributed by atoms with Gasteiger partial charge in [0.15, 0.2) is 0 Å². The lowest BCUT2D eigenvalue weighted by atomic mass is 9.82. The maximum atomic E-state index is 11.4. The lowest BCUT2D eigenvalue weighted by Gasteiger charge is -2.30. The van der Waals surface area contributed by atoms with Crippen LogP contribution in [0, 0.1) is 11.8 Å². The lowest BCUT2D eigenvalue weighted by Crippen LogP contribution is -2.28. The van der Waals surface area contributed by atoms with Crippen LogP contribution in [0.5, 0.6) is 0 Å². The number of carbonyl (C=O) groups is 1. The first-order chi connectivity index (χ1) is 9.76. The van der Waals surface area contributed by atoms with Crippen molar-refractivity contribution in [3.8, 4) is 0 Å². The second-order valence-electron chi connectivity index (χ2n) is 6.17. The molecule has 0 amide bonds. The molecule has 2 unspecified atom stereocenters. The van der Waals surface area contributed by atoms with Crippen LogP contribution in [0.4, 0.5) is 5.69 Å².